The molecular weight excluding hydrogens is 504 g/mol. The molecule has 0 saturated carbocycles. The summed E-state index contributed by atoms with van der Waals surface area (Å²) in [7, 11) is 0. The lowest BCUT2D eigenvalue weighted by atomic mass is 9.98. The summed E-state index contributed by atoms with van der Waals surface area (Å²) in [5, 5.41) is 2.90. The maximum Gasteiger partial charge on any atom is 0.417 e. The fraction of sp³-hybridized carbons (Fsp3) is 0.500. The summed E-state index contributed by atoms with van der Waals surface area (Å²) in [4.78, 5) is 34.3. The molecule has 8 nitrogen and oxygen atoms in total. The number of nitrogens with zero attached hydrogens (tertiary/aromatic N) is 4. The van der Waals surface area contributed by atoms with Crippen molar-refractivity contribution in [2.24, 2.45) is 5.73 Å². The van der Waals surface area contributed by atoms with Gasteiger partial charge >= 0.3 is 12.2 Å². The zero-order valence-corrected chi connectivity index (χ0v) is 20.8. The number of benzene rings is 1. The molecule has 12 heteroatoms. The van der Waals surface area contributed by atoms with Crippen LogP contribution in [0.15, 0.2) is 36.5 Å². The van der Waals surface area contributed by atoms with Gasteiger partial charge in [-0.2, -0.15) is 13.2 Å². The first-order valence-corrected chi connectivity index (χ1v) is 12.8. The van der Waals surface area contributed by atoms with E-state index in [1.807, 2.05) is 17.0 Å². The van der Waals surface area contributed by atoms with Gasteiger partial charge in [0.2, 0.25) is 0 Å². The minimum absolute atomic E-state index is 0.0219. The smallest absolute Gasteiger partial charge is 0.354 e. The Labute approximate surface area is 217 Å². The maximum absolute atomic E-state index is 14.4. The molecule has 3 amide bonds. The summed E-state index contributed by atoms with van der Waals surface area (Å²) in [5.74, 6) is -1.15. The number of rotatable bonds is 5. The molecular formula is C26H30F4N6O2. The van der Waals surface area contributed by atoms with Crippen molar-refractivity contribution < 1.29 is 27.2 Å². The van der Waals surface area contributed by atoms with Crippen molar-refractivity contribution in [2.75, 3.05) is 37.6 Å². The first kappa shape index (κ1) is 26.2. The van der Waals surface area contributed by atoms with E-state index in [4.69, 9.17) is 5.73 Å². The zero-order valence-electron chi connectivity index (χ0n) is 20.8. The van der Waals surface area contributed by atoms with Gasteiger partial charge in [-0.1, -0.05) is 12.1 Å². The molecule has 4 heterocycles. The van der Waals surface area contributed by atoms with Gasteiger partial charge in [0.15, 0.2) is 11.6 Å². The number of hydrogen-bond donors (Lipinski definition) is 2. The van der Waals surface area contributed by atoms with E-state index in [1.165, 1.54) is 0 Å². The van der Waals surface area contributed by atoms with Gasteiger partial charge in [0.1, 0.15) is 0 Å². The Hall–Kier alpha value is -3.41. The van der Waals surface area contributed by atoms with Gasteiger partial charge in [-0.05, 0) is 49.4 Å². The highest BCUT2D eigenvalue weighted by Gasteiger charge is 2.38. The number of pyridine rings is 1. The molecule has 0 aliphatic carbocycles. The lowest BCUT2D eigenvalue weighted by Crippen LogP contribution is -2.49. The number of nitrogens with two attached hydrogens (primary N) is 1. The van der Waals surface area contributed by atoms with Gasteiger partial charge in [-0.15, -0.1) is 0 Å². The molecule has 1 aromatic carbocycles. The van der Waals surface area contributed by atoms with Crippen LogP contribution < -0.4 is 16.0 Å². The van der Waals surface area contributed by atoms with Gasteiger partial charge in [0.05, 0.1) is 11.6 Å². The van der Waals surface area contributed by atoms with Crippen LogP contribution in [0.3, 0.4) is 0 Å². The number of nitrogens with one attached hydrogen (secondary N) is 1. The van der Waals surface area contributed by atoms with Crippen LogP contribution in [0.4, 0.5) is 28.2 Å². The first-order valence-electron chi connectivity index (χ1n) is 12.8. The third-order valence-corrected chi connectivity index (χ3v) is 7.61. The predicted molar refractivity (Wildman–Crippen MR) is 132 cm³/mol. The molecule has 1 aromatic heterocycles. The quantitative estimate of drug-likeness (QED) is 0.576. The Kier molecular flexibility index (Phi) is 7.17. The van der Waals surface area contributed by atoms with Crippen molar-refractivity contribution in [1.82, 2.24) is 20.1 Å². The molecule has 2 atom stereocenters. The topological polar surface area (TPSA) is 94.8 Å². The molecule has 0 bridgehead atoms. The molecule has 38 heavy (non-hydrogen) atoms. The number of anilines is 1. The normalized spacial score (nSPS) is 22.8. The number of aromatic nitrogens is 1. The van der Waals surface area contributed by atoms with E-state index >= 15 is 0 Å². The molecule has 2 aromatic rings. The van der Waals surface area contributed by atoms with Crippen LogP contribution in [0, 0.1) is 5.82 Å². The van der Waals surface area contributed by atoms with E-state index in [0.717, 1.165) is 12.0 Å². The largest absolute Gasteiger partial charge is 0.417 e. The summed E-state index contributed by atoms with van der Waals surface area (Å²) in [6.07, 6.45) is -1.52. The highest BCUT2D eigenvalue weighted by Crippen LogP contribution is 2.32. The number of urea groups is 1. The molecule has 1 unspecified atom stereocenters. The van der Waals surface area contributed by atoms with Crippen LogP contribution in [-0.4, -0.2) is 77.6 Å². The van der Waals surface area contributed by atoms with Crippen LogP contribution >= 0.6 is 0 Å². The number of carbonyl (C=O) groups excluding carboxylic acids is 2. The number of likely N-dealkylation sites (tertiary alicyclic amines) is 1. The van der Waals surface area contributed by atoms with E-state index < -0.39 is 17.6 Å². The Morgan fingerprint density at radius 2 is 1.82 bits per heavy atom. The van der Waals surface area contributed by atoms with Crippen LogP contribution in [0.25, 0.3) is 0 Å². The molecule has 204 valence electrons. The van der Waals surface area contributed by atoms with E-state index in [0.29, 0.717) is 69.8 Å². The van der Waals surface area contributed by atoms with E-state index in [-0.39, 0.29) is 35.9 Å². The molecule has 0 spiro atoms. The number of hydrogen-bond acceptors (Lipinski definition) is 5. The van der Waals surface area contributed by atoms with Crippen molar-refractivity contribution in [3.63, 3.8) is 0 Å². The number of amides is 3. The highest BCUT2D eigenvalue weighted by molar-refractivity contribution is 5.94. The summed E-state index contributed by atoms with van der Waals surface area (Å²) in [6.45, 7) is 2.44. The molecule has 5 rings (SSSR count). The fourth-order valence-corrected chi connectivity index (χ4v) is 5.58. The van der Waals surface area contributed by atoms with Gasteiger partial charge < -0.3 is 25.8 Å². The maximum atomic E-state index is 14.4. The van der Waals surface area contributed by atoms with E-state index in [2.05, 4.69) is 10.3 Å². The summed E-state index contributed by atoms with van der Waals surface area (Å²) in [6, 6.07) is 7.59. The van der Waals surface area contributed by atoms with Crippen molar-refractivity contribution >= 4 is 17.8 Å². The predicted octanol–water partition coefficient (Wildman–Crippen LogP) is 3.02. The Morgan fingerprint density at radius 3 is 2.42 bits per heavy atom. The minimum Gasteiger partial charge on any atom is -0.354 e. The van der Waals surface area contributed by atoms with Crippen molar-refractivity contribution in [3.8, 4) is 0 Å². The molecule has 3 saturated heterocycles. The second kappa shape index (κ2) is 10.4. The van der Waals surface area contributed by atoms with Crippen LogP contribution in [-0.2, 0) is 12.6 Å². The number of piperidine rings is 1. The van der Waals surface area contributed by atoms with Crippen LogP contribution in [0.2, 0.25) is 0 Å². The molecule has 3 fully saturated rings. The third-order valence-electron chi connectivity index (χ3n) is 7.61. The Balaban J connectivity index is 1.20. The Morgan fingerprint density at radius 1 is 1.11 bits per heavy atom. The average molecular weight is 535 g/mol. The zero-order chi connectivity index (χ0) is 27.0. The van der Waals surface area contributed by atoms with Crippen molar-refractivity contribution in [3.05, 3.63) is 59.0 Å². The molecule has 3 N–H and O–H groups in total. The highest BCUT2D eigenvalue weighted by atomic mass is 19.4. The average Bonchev–Trinajstić information content (AvgIpc) is 3.49. The fourth-order valence-electron chi connectivity index (χ4n) is 5.58. The molecule has 3 aliphatic heterocycles. The monoisotopic (exact) mass is 534 g/mol. The Bertz CT molecular complexity index is 1180. The minimum atomic E-state index is -4.66. The van der Waals surface area contributed by atoms with Crippen LogP contribution in [0.5, 0.6) is 0 Å². The van der Waals surface area contributed by atoms with Gasteiger partial charge in [0.25, 0.3) is 5.91 Å². The summed E-state index contributed by atoms with van der Waals surface area (Å²) >= 11 is 0. The third kappa shape index (κ3) is 5.40. The van der Waals surface area contributed by atoms with E-state index in [9.17, 15) is 27.2 Å². The van der Waals surface area contributed by atoms with Gasteiger partial charge in [-0.3, -0.25) is 4.79 Å². The standard InChI is InChI=1S/C26H30F4N6O2/c27-22-12-18(26(28,29)30)13-32-23(22)34-9-6-20(7-10-34)36-21(14-33-25(36)38)11-16-1-3-17(4-2-16)24(37)35-8-5-19(31)15-35/h1-4,12-13,19-21H,5-11,14-15,31H2,(H,33,38)/t19?,21-/m1/s1. The van der Waals surface area contributed by atoms with Crippen molar-refractivity contribution in [2.45, 2.75) is 50.0 Å². The van der Waals surface area contributed by atoms with Gasteiger partial charge in [-0.25, -0.2) is 14.2 Å². The number of carbonyl (C=O) groups is 2. The van der Waals surface area contributed by atoms with Crippen molar-refractivity contribution in [1.29, 1.82) is 0 Å². The second-order valence-corrected chi connectivity index (χ2v) is 10.2. The first-order chi connectivity index (χ1) is 18.1. The number of alkyl halides is 3. The van der Waals surface area contributed by atoms with Crippen LogP contribution in [0.1, 0.15) is 40.7 Å². The second-order valence-electron chi connectivity index (χ2n) is 10.2. The summed E-state index contributed by atoms with van der Waals surface area (Å²) in [5.41, 5.74) is 6.40. The van der Waals surface area contributed by atoms with E-state index in [1.54, 1.807) is 21.9 Å². The molecule has 0 radical (unpaired) electrons. The summed E-state index contributed by atoms with van der Waals surface area (Å²) < 4.78 is 52.9. The SMILES string of the molecule is NC1CCN(C(=O)c2ccc(C[C@@H]3CNC(=O)N3C3CCN(c4ncc(C(F)(F)F)cc4F)CC3)cc2)C1. The van der Waals surface area contributed by atoms with Gasteiger partial charge in [0, 0.05) is 56.6 Å². The lowest BCUT2D eigenvalue weighted by Gasteiger charge is -2.39. The number of halogens is 4. The molecule has 3 aliphatic rings. The lowest BCUT2D eigenvalue weighted by molar-refractivity contribution is -0.138.